The summed E-state index contributed by atoms with van der Waals surface area (Å²) >= 11 is 0. The number of nitrogen functional groups attached to an aromatic ring is 1. The standard InChI is InChI=1S/C21H26N8O.ClH/c22-19-16-6-8-18(30)29(14-3-1-2-4-14)20(16)27-21(26-19)25-17-7-5-15(13-24-17)28-11-9-23-10-12-28;/h5-8,13-14,23H,1-4,9-12H2,(H3,22,24,25,26,27);1H. The van der Waals surface area contributed by atoms with Crippen molar-refractivity contribution in [3.05, 3.63) is 40.8 Å². The quantitative estimate of drug-likeness (QED) is 0.564. The lowest BCUT2D eigenvalue weighted by molar-refractivity contribution is 0.516. The second-order valence-corrected chi connectivity index (χ2v) is 7.91. The van der Waals surface area contributed by atoms with Crippen molar-refractivity contribution in [3.63, 3.8) is 0 Å². The van der Waals surface area contributed by atoms with Crippen molar-refractivity contribution < 1.29 is 0 Å². The molecule has 1 aliphatic heterocycles. The molecule has 4 heterocycles. The lowest BCUT2D eigenvalue weighted by atomic mass is 10.2. The van der Waals surface area contributed by atoms with E-state index in [0.717, 1.165) is 57.5 Å². The van der Waals surface area contributed by atoms with E-state index in [1.807, 2.05) is 18.3 Å². The molecule has 0 unspecified atom stereocenters. The molecule has 164 valence electrons. The number of nitrogens with two attached hydrogens (primary N) is 1. The van der Waals surface area contributed by atoms with Gasteiger partial charge in [0.15, 0.2) is 5.65 Å². The molecule has 0 amide bonds. The van der Waals surface area contributed by atoms with Crippen molar-refractivity contribution in [2.45, 2.75) is 31.7 Å². The van der Waals surface area contributed by atoms with Gasteiger partial charge in [-0.3, -0.25) is 9.36 Å². The van der Waals surface area contributed by atoms with Gasteiger partial charge in [-0.25, -0.2) is 4.98 Å². The molecule has 1 aliphatic carbocycles. The summed E-state index contributed by atoms with van der Waals surface area (Å²) in [7, 11) is 0. The molecule has 10 heteroatoms. The fourth-order valence-corrected chi connectivity index (χ4v) is 4.41. The van der Waals surface area contributed by atoms with Crippen LogP contribution in [0.2, 0.25) is 0 Å². The highest BCUT2D eigenvalue weighted by Crippen LogP contribution is 2.31. The molecule has 2 aliphatic rings. The Labute approximate surface area is 186 Å². The molecule has 0 radical (unpaired) electrons. The van der Waals surface area contributed by atoms with Gasteiger partial charge in [0.1, 0.15) is 11.6 Å². The lowest BCUT2D eigenvalue weighted by Gasteiger charge is -2.29. The minimum atomic E-state index is -0.0445. The molecule has 0 aromatic carbocycles. The molecule has 4 N–H and O–H groups in total. The highest BCUT2D eigenvalue weighted by Gasteiger charge is 2.21. The molecule has 1 saturated heterocycles. The van der Waals surface area contributed by atoms with Gasteiger partial charge in [-0.15, -0.1) is 12.4 Å². The van der Waals surface area contributed by atoms with Crippen LogP contribution in [0.1, 0.15) is 31.7 Å². The zero-order valence-corrected chi connectivity index (χ0v) is 18.1. The molecule has 3 aromatic rings. The summed E-state index contributed by atoms with van der Waals surface area (Å²) in [5.74, 6) is 1.34. The van der Waals surface area contributed by atoms with E-state index < -0.39 is 0 Å². The molecule has 3 aromatic heterocycles. The van der Waals surface area contributed by atoms with Crippen molar-refractivity contribution in [2.75, 3.05) is 42.1 Å². The van der Waals surface area contributed by atoms with E-state index >= 15 is 0 Å². The van der Waals surface area contributed by atoms with Crippen LogP contribution in [0.4, 0.5) is 23.3 Å². The van der Waals surface area contributed by atoms with Crippen LogP contribution in [0, 0.1) is 0 Å². The monoisotopic (exact) mass is 442 g/mol. The Balaban J connectivity index is 0.00000231. The Morgan fingerprint density at radius 3 is 2.55 bits per heavy atom. The van der Waals surface area contributed by atoms with Crippen molar-refractivity contribution in [2.24, 2.45) is 0 Å². The SMILES string of the molecule is Cl.Nc1nc(Nc2ccc(N3CCNCC3)cn2)nc2c1ccc(=O)n2C1CCCC1. The summed E-state index contributed by atoms with van der Waals surface area (Å²) in [6.45, 7) is 3.90. The summed E-state index contributed by atoms with van der Waals surface area (Å²) in [5.41, 5.74) is 7.84. The van der Waals surface area contributed by atoms with Gasteiger partial charge in [0.2, 0.25) is 5.95 Å². The van der Waals surface area contributed by atoms with E-state index in [4.69, 9.17) is 5.73 Å². The van der Waals surface area contributed by atoms with Gasteiger partial charge in [-0.2, -0.15) is 9.97 Å². The van der Waals surface area contributed by atoms with Gasteiger partial charge in [0.05, 0.1) is 17.3 Å². The van der Waals surface area contributed by atoms with Crippen LogP contribution in [0.5, 0.6) is 0 Å². The first-order chi connectivity index (χ1) is 14.7. The number of rotatable bonds is 4. The highest BCUT2D eigenvalue weighted by atomic mass is 35.5. The van der Waals surface area contributed by atoms with Gasteiger partial charge >= 0.3 is 0 Å². The Morgan fingerprint density at radius 1 is 1.06 bits per heavy atom. The Morgan fingerprint density at radius 2 is 1.84 bits per heavy atom. The molecule has 0 bridgehead atoms. The molecule has 9 nitrogen and oxygen atoms in total. The second kappa shape index (κ2) is 9.07. The van der Waals surface area contributed by atoms with Gasteiger partial charge < -0.3 is 21.3 Å². The molecular formula is C21H27ClN8O. The fourth-order valence-electron chi connectivity index (χ4n) is 4.41. The minimum Gasteiger partial charge on any atom is -0.383 e. The maximum Gasteiger partial charge on any atom is 0.252 e. The molecule has 0 atom stereocenters. The number of aromatic nitrogens is 4. The highest BCUT2D eigenvalue weighted by molar-refractivity contribution is 5.87. The zero-order valence-electron chi connectivity index (χ0n) is 17.3. The third-order valence-electron chi connectivity index (χ3n) is 5.97. The minimum absolute atomic E-state index is 0. The molecular weight excluding hydrogens is 416 g/mol. The van der Waals surface area contributed by atoms with Gasteiger partial charge in [-0.05, 0) is 31.0 Å². The third-order valence-corrected chi connectivity index (χ3v) is 5.97. The van der Waals surface area contributed by atoms with Gasteiger partial charge in [-0.1, -0.05) is 12.8 Å². The van der Waals surface area contributed by atoms with E-state index in [9.17, 15) is 4.79 Å². The Kier molecular flexibility index (Phi) is 6.24. The molecule has 5 rings (SSSR count). The fraction of sp³-hybridized carbons (Fsp3) is 0.429. The lowest BCUT2D eigenvalue weighted by Crippen LogP contribution is -2.43. The van der Waals surface area contributed by atoms with E-state index in [1.54, 1.807) is 16.7 Å². The Bertz CT molecular complexity index is 1100. The van der Waals surface area contributed by atoms with Crippen molar-refractivity contribution in [3.8, 4) is 0 Å². The largest absolute Gasteiger partial charge is 0.383 e. The van der Waals surface area contributed by atoms with Crippen LogP contribution in [0.3, 0.4) is 0 Å². The average Bonchev–Trinajstić information content (AvgIpc) is 3.29. The number of nitrogens with zero attached hydrogens (tertiary/aromatic N) is 5. The van der Waals surface area contributed by atoms with Gasteiger partial charge in [0.25, 0.3) is 5.56 Å². The number of anilines is 4. The number of halogens is 1. The maximum atomic E-state index is 12.6. The van der Waals surface area contributed by atoms with Crippen LogP contribution in [0.15, 0.2) is 35.3 Å². The van der Waals surface area contributed by atoms with Crippen LogP contribution < -0.4 is 26.8 Å². The number of hydrogen-bond donors (Lipinski definition) is 3. The second-order valence-electron chi connectivity index (χ2n) is 7.91. The van der Waals surface area contributed by atoms with E-state index in [2.05, 4.69) is 30.5 Å². The normalized spacial score (nSPS) is 17.0. The summed E-state index contributed by atoms with van der Waals surface area (Å²) in [4.78, 5) is 28.5. The predicted octanol–water partition coefficient (Wildman–Crippen LogP) is 2.46. The summed E-state index contributed by atoms with van der Waals surface area (Å²) in [6.07, 6.45) is 6.08. The van der Waals surface area contributed by atoms with Crippen LogP contribution >= 0.6 is 12.4 Å². The molecule has 1 saturated carbocycles. The number of nitrogens with one attached hydrogen (secondary N) is 2. The molecule has 0 spiro atoms. The number of hydrogen-bond acceptors (Lipinski definition) is 8. The van der Waals surface area contributed by atoms with Crippen molar-refractivity contribution in [1.82, 2.24) is 24.8 Å². The van der Waals surface area contributed by atoms with Crippen LogP contribution in [-0.2, 0) is 0 Å². The topological polar surface area (TPSA) is 114 Å². The summed E-state index contributed by atoms with van der Waals surface area (Å²) in [5, 5.41) is 7.20. The van der Waals surface area contributed by atoms with E-state index in [1.165, 1.54) is 0 Å². The predicted molar refractivity (Wildman–Crippen MR) is 126 cm³/mol. The molecule has 2 fully saturated rings. The third kappa shape index (κ3) is 4.28. The molecule has 31 heavy (non-hydrogen) atoms. The summed E-state index contributed by atoms with van der Waals surface area (Å²) < 4.78 is 1.78. The number of pyridine rings is 2. The smallest absolute Gasteiger partial charge is 0.252 e. The first-order valence-electron chi connectivity index (χ1n) is 10.6. The zero-order chi connectivity index (χ0) is 20.5. The van der Waals surface area contributed by atoms with Crippen LogP contribution in [0.25, 0.3) is 11.0 Å². The van der Waals surface area contributed by atoms with Gasteiger partial charge in [0, 0.05) is 38.3 Å². The maximum absolute atomic E-state index is 12.6. The number of piperazine rings is 1. The van der Waals surface area contributed by atoms with Crippen LogP contribution in [-0.4, -0.2) is 45.7 Å². The summed E-state index contributed by atoms with van der Waals surface area (Å²) in [6, 6.07) is 7.39. The first kappa shape index (κ1) is 21.3. The average molecular weight is 443 g/mol. The number of fused-ring (bicyclic) bond motifs is 1. The first-order valence-corrected chi connectivity index (χ1v) is 10.6. The van der Waals surface area contributed by atoms with E-state index in [-0.39, 0.29) is 24.0 Å². The van der Waals surface area contributed by atoms with Crippen molar-refractivity contribution in [1.29, 1.82) is 0 Å². The Hall–Kier alpha value is -2.91. The van der Waals surface area contributed by atoms with E-state index in [0.29, 0.717) is 28.6 Å². The van der Waals surface area contributed by atoms with Crippen molar-refractivity contribution >= 4 is 46.7 Å².